The second-order valence-corrected chi connectivity index (χ2v) is 4.87. The van der Waals surface area contributed by atoms with Crippen LogP contribution in [-0.2, 0) is 11.2 Å². The van der Waals surface area contributed by atoms with Gasteiger partial charge in [0.1, 0.15) is 11.0 Å². The van der Waals surface area contributed by atoms with Crippen molar-refractivity contribution >= 4 is 22.4 Å². The number of aliphatic carboxylic acids is 1. The molecule has 0 aliphatic carbocycles. The normalized spacial score (nSPS) is 12.8. The molecule has 0 aromatic carbocycles. The van der Waals surface area contributed by atoms with Gasteiger partial charge in [0.2, 0.25) is 5.13 Å². The van der Waals surface area contributed by atoms with Gasteiger partial charge >= 0.3 is 5.97 Å². The molecule has 84 valence electrons. The molecule has 1 rings (SSSR count). The second-order valence-electron chi connectivity index (χ2n) is 3.80. The number of anilines is 1. The summed E-state index contributed by atoms with van der Waals surface area (Å²) in [7, 11) is 0. The molecule has 0 fully saturated rings. The molecule has 1 aromatic rings. The number of aromatic nitrogens is 2. The Hall–Kier alpha value is -1.17. The van der Waals surface area contributed by atoms with E-state index in [1.165, 1.54) is 11.3 Å². The zero-order chi connectivity index (χ0) is 11.4. The first-order valence-electron chi connectivity index (χ1n) is 4.80. The fourth-order valence-electron chi connectivity index (χ4n) is 0.991. The fraction of sp³-hybridized carbons (Fsp3) is 0.667. The van der Waals surface area contributed by atoms with Crippen LogP contribution >= 0.6 is 11.3 Å². The molecule has 1 aromatic heterocycles. The maximum absolute atomic E-state index is 10.6. The Morgan fingerprint density at radius 1 is 1.47 bits per heavy atom. The first-order valence-corrected chi connectivity index (χ1v) is 5.62. The molecule has 0 spiro atoms. The van der Waals surface area contributed by atoms with E-state index in [4.69, 9.17) is 5.11 Å². The highest BCUT2D eigenvalue weighted by Gasteiger charge is 2.13. The van der Waals surface area contributed by atoms with Crippen LogP contribution in [0.3, 0.4) is 0 Å². The zero-order valence-corrected chi connectivity index (χ0v) is 9.84. The monoisotopic (exact) mass is 229 g/mol. The lowest BCUT2D eigenvalue weighted by molar-refractivity contribution is -0.137. The molecular formula is C9H15N3O2S. The van der Waals surface area contributed by atoms with Crippen LogP contribution in [0.1, 0.15) is 25.8 Å². The lowest BCUT2D eigenvalue weighted by atomic mass is 10.1. The number of carboxylic acid groups (broad SMARTS) is 1. The molecular weight excluding hydrogens is 214 g/mol. The third-order valence-corrected chi connectivity index (χ3v) is 2.64. The lowest BCUT2D eigenvalue weighted by Gasteiger charge is -2.05. The van der Waals surface area contributed by atoms with E-state index in [0.29, 0.717) is 11.0 Å². The highest BCUT2D eigenvalue weighted by atomic mass is 32.1. The van der Waals surface area contributed by atoms with E-state index in [1.807, 2.05) is 0 Å². The van der Waals surface area contributed by atoms with Gasteiger partial charge in [-0.05, 0) is 12.8 Å². The third-order valence-electron chi connectivity index (χ3n) is 1.76. The van der Waals surface area contributed by atoms with Crippen molar-refractivity contribution < 1.29 is 9.90 Å². The van der Waals surface area contributed by atoms with Crippen molar-refractivity contribution in [3.05, 3.63) is 5.01 Å². The summed E-state index contributed by atoms with van der Waals surface area (Å²) in [5, 5.41) is 20.8. The van der Waals surface area contributed by atoms with E-state index in [2.05, 4.69) is 29.4 Å². The average Bonchev–Trinajstić information content (AvgIpc) is 2.51. The molecule has 6 heteroatoms. The first-order chi connectivity index (χ1) is 6.99. The number of hydrogen-bond donors (Lipinski definition) is 2. The highest BCUT2D eigenvalue weighted by molar-refractivity contribution is 7.15. The second kappa shape index (κ2) is 5.06. The Labute approximate surface area is 92.5 Å². The molecule has 2 N–H and O–H groups in total. The predicted molar refractivity (Wildman–Crippen MR) is 59.2 cm³/mol. The van der Waals surface area contributed by atoms with Crippen molar-refractivity contribution in [2.75, 3.05) is 5.32 Å². The molecule has 1 heterocycles. The van der Waals surface area contributed by atoms with Gasteiger partial charge < -0.3 is 10.4 Å². The minimum atomic E-state index is -0.893. The van der Waals surface area contributed by atoms with Crippen LogP contribution < -0.4 is 5.32 Å². The van der Waals surface area contributed by atoms with Crippen LogP contribution in [0.15, 0.2) is 0 Å². The van der Waals surface area contributed by atoms with Crippen LogP contribution in [-0.4, -0.2) is 27.3 Å². The van der Waals surface area contributed by atoms with E-state index in [0.717, 1.165) is 11.4 Å². The topological polar surface area (TPSA) is 75.1 Å². The number of hydrogen-bond acceptors (Lipinski definition) is 5. The van der Waals surface area contributed by atoms with Crippen molar-refractivity contribution in [3.63, 3.8) is 0 Å². The number of carboxylic acids is 1. The van der Waals surface area contributed by atoms with Gasteiger partial charge in [-0.3, -0.25) is 4.79 Å². The van der Waals surface area contributed by atoms with Crippen LogP contribution in [0, 0.1) is 5.92 Å². The van der Waals surface area contributed by atoms with Gasteiger partial charge in [-0.15, -0.1) is 10.2 Å². The van der Waals surface area contributed by atoms with E-state index in [9.17, 15) is 4.79 Å². The number of rotatable bonds is 5. The SMILES string of the molecule is CC(C)Cc1nnc(NC(C)C(=O)O)s1. The quantitative estimate of drug-likeness (QED) is 0.802. The van der Waals surface area contributed by atoms with E-state index in [-0.39, 0.29) is 0 Å². The first kappa shape index (κ1) is 11.9. The molecule has 0 radical (unpaired) electrons. The smallest absolute Gasteiger partial charge is 0.325 e. The van der Waals surface area contributed by atoms with Crippen molar-refractivity contribution in [2.24, 2.45) is 5.92 Å². The Kier molecular flexibility index (Phi) is 4.02. The summed E-state index contributed by atoms with van der Waals surface area (Å²) in [6.07, 6.45) is 0.876. The van der Waals surface area contributed by atoms with Crippen molar-refractivity contribution in [2.45, 2.75) is 33.2 Å². The Balaban J connectivity index is 2.56. The molecule has 0 saturated heterocycles. The molecule has 5 nitrogen and oxygen atoms in total. The zero-order valence-electron chi connectivity index (χ0n) is 9.02. The summed E-state index contributed by atoms with van der Waals surface area (Å²) in [6.45, 7) is 5.79. The van der Waals surface area contributed by atoms with E-state index < -0.39 is 12.0 Å². The van der Waals surface area contributed by atoms with Crippen molar-refractivity contribution in [1.29, 1.82) is 0 Å². The van der Waals surface area contributed by atoms with Crippen LogP contribution in [0.4, 0.5) is 5.13 Å². The maximum atomic E-state index is 10.6. The molecule has 0 saturated carbocycles. The molecule has 1 unspecified atom stereocenters. The largest absolute Gasteiger partial charge is 0.480 e. The summed E-state index contributed by atoms with van der Waals surface area (Å²) in [5.74, 6) is -0.363. The molecule has 0 bridgehead atoms. The van der Waals surface area contributed by atoms with E-state index >= 15 is 0 Å². The Bertz CT molecular complexity index is 338. The summed E-state index contributed by atoms with van der Waals surface area (Å²) < 4.78 is 0. The standard InChI is InChI=1S/C9H15N3O2S/c1-5(2)4-7-11-12-9(15-7)10-6(3)8(13)14/h5-6H,4H2,1-3H3,(H,10,12)(H,13,14). The van der Waals surface area contributed by atoms with Gasteiger partial charge in [-0.2, -0.15) is 0 Å². The van der Waals surface area contributed by atoms with Gasteiger partial charge in [-0.1, -0.05) is 25.2 Å². The number of nitrogens with one attached hydrogen (secondary N) is 1. The third kappa shape index (κ3) is 3.83. The fourth-order valence-corrected chi connectivity index (χ4v) is 2.03. The predicted octanol–water partition coefficient (Wildman–Crippen LogP) is 1.62. The van der Waals surface area contributed by atoms with Gasteiger partial charge in [0, 0.05) is 6.42 Å². The average molecular weight is 229 g/mol. The summed E-state index contributed by atoms with van der Waals surface area (Å²) >= 11 is 1.41. The minimum absolute atomic E-state index is 0.530. The van der Waals surface area contributed by atoms with Gasteiger partial charge in [0.05, 0.1) is 0 Å². The van der Waals surface area contributed by atoms with Crippen molar-refractivity contribution in [1.82, 2.24) is 10.2 Å². The van der Waals surface area contributed by atoms with Crippen LogP contribution in [0.2, 0.25) is 0 Å². The van der Waals surface area contributed by atoms with Gasteiger partial charge in [0.15, 0.2) is 0 Å². The van der Waals surface area contributed by atoms with Gasteiger partial charge in [-0.25, -0.2) is 0 Å². The molecule has 0 aliphatic rings. The summed E-state index contributed by atoms with van der Waals surface area (Å²) in [5.41, 5.74) is 0. The molecule has 0 amide bonds. The summed E-state index contributed by atoms with van der Waals surface area (Å²) in [4.78, 5) is 10.6. The highest BCUT2D eigenvalue weighted by Crippen LogP contribution is 2.18. The molecule has 0 aliphatic heterocycles. The number of nitrogens with zero attached hydrogens (tertiary/aromatic N) is 2. The lowest BCUT2D eigenvalue weighted by Crippen LogP contribution is -2.25. The molecule has 15 heavy (non-hydrogen) atoms. The minimum Gasteiger partial charge on any atom is -0.480 e. The van der Waals surface area contributed by atoms with Crippen LogP contribution in [0.5, 0.6) is 0 Å². The van der Waals surface area contributed by atoms with E-state index in [1.54, 1.807) is 6.92 Å². The maximum Gasteiger partial charge on any atom is 0.325 e. The number of carbonyl (C=O) groups is 1. The Morgan fingerprint density at radius 3 is 2.67 bits per heavy atom. The summed E-state index contributed by atoms with van der Waals surface area (Å²) in [6, 6.07) is -0.634. The molecule has 1 atom stereocenters. The van der Waals surface area contributed by atoms with Crippen LogP contribution in [0.25, 0.3) is 0 Å². The van der Waals surface area contributed by atoms with Gasteiger partial charge in [0.25, 0.3) is 0 Å². The Morgan fingerprint density at radius 2 is 2.13 bits per heavy atom. The van der Waals surface area contributed by atoms with Crippen molar-refractivity contribution in [3.8, 4) is 0 Å².